The number of aliphatic hydroxyl groups is 1. The van der Waals surface area contributed by atoms with Crippen LogP contribution in [-0.2, 0) is 39.7 Å². The van der Waals surface area contributed by atoms with E-state index < -0.39 is 47.3 Å². The van der Waals surface area contributed by atoms with Crippen molar-refractivity contribution in [2.45, 2.75) is 88.1 Å². The lowest BCUT2D eigenvalue weighted by Crippen LogP contribution is -2.72. The molecule has 2 amide bonds. The Kier molecular flexibility index (Phi) is 13.4. The van der Waals surface area contributed by atoms with E-state index in [1.54, 1.807) is 60.7 Å². The standard InChI is InChI=1S/C34H47ClN2O10S2/c1-21-10-8-11-25(43-6)34(41)18-27(46-31(40)36-34)33(3)20-32(2,47-33)26(45-29(39)19-44-12-9-13-49-48-7)17-28(38)37(4)23-15-22(14-21)16-24(42-5)30(23)35/h8,10-11,15-16,25-27,41H,9,12-14,17-20H2,1-7H3,(H,36,40)/b11-8+,21-10+/t25-,26+,27+,32-,33-,34+/m1/s1. The maximum Gasteiger partial charge on any atom is 0.409 e. The summed E-state index contributed by atoms with van der Waals surface area (Å²) in [5.74, 6) is 0.253. The number of anilines is 1. The molecule has 0 unspecified atom stereocenters. The Hall–Kier alpha value is -2.46. The van der Waals surface area contributed by atoms with Crippen molar-refractivity contribution in [3.8, 4) is 5.75 Å². The second-order valence-corrected chi connectivity index (χ2v) is 16.0. The first kappa shape index (κ1) is 39.3. The highest BCUT2D eigenvalue weighted by Crippen LogP contribution is 2.50. The monoisotopic (exact) mass is 742 g/mol. The molecule has 2 saturated heterocycles. The number of esters is 1. The first-order valence-electron chi connectivity index (χ1n) is 16.0. The average Bonchev–Trinajstić information content (AvgIpc) is 3.03. The van der Waals surface area contributed by atoms with Gasteiger partial charge in [0.15, 0.2) is 5.72 Å². The quantitative estimate of drug-likeness (QED) is 0.184. The van der Waals surface area contributed by atoms with Gasteiger partial charge in [0.2, 0.25) is 5.91 Å². The lowest BCUT2D eigenvalue weighted by Gasteiger charge is -2.59. The summed E-state index contributed by atoms with van der Waals surface area (Å²) in [4.78, 5) is 41.2. The Morgan fingerprint density at radius 2 is 1.96 bits per heavy atom. The summed E-state index contributed by atoms with van der Waals surface area (Å²) in [5.41, 5.74) is -1.85. The van der Waals surface area contributed by atoms with Crippen molar-refractivity contribution in [2.75, 3.05) is 51.4 Å². The maximum atomic E-state index is 13.9. The predicted molar refractivity (Wildman–Crippen MR) is 190 cm³/mol. The number of carbonyl (C=O) groups excluding carboxylic acids is 3. The number of alkyl carbamates (subject to hydrolysis) is 1. The average molecular weight is 743 g/mol. The number of amides is 2. The summed E-state index contributed by atoms with van der Waals surface area (Å²) in [6.07, 6.45) is 4.77. The Bertz CT molecular complexity index is 1440. The highest BCUT2D eigenvalue weighted by Gasteiger charge is 2.63. The van der Waals surface area contributed by atoms with Crippen LogP contribution in [0.25, 0.3) is 0 Å². The lowest BCUT2D eigenvalue weighted by atomic mass is 9.72. The second kappa shape index (κ2) is 16.7. The molecular weight excluding hydrogens is 696 g/mol. The van der Waals surface area contributed by atoms with Crippen molar-refractivity contribution in [3.05, 3.63) is 46.5 Å². The molecule has 0 saturated carbocycles. The van der Waals surface area contributed by atoms with Crippen LogP contribution in [0.1, 0.15) is 52.0 Å². The minimum absolute atomic E-state index is 0.0597. The van der Waals surface area contributed by atoms with Gasteiger partial charge in [0.25, 0.3) is 0 Å². The molecular formula is C34H47ClN2O10S2. The number of allylic oxidation sites excluding steroid dienone is 3. The smallest absolute Gasteiger partial charge is 0.409 e. The first-order valence-corrected chi connectivity index (χ1v) is 19.1. The molecule has 4 aliphatic heterocycles. The molecule has 6 atom stereocenters. The fourth-order valence-electron chi connectivity index (χ4n) is 6.55. The van der Waals surface area contributed by atoms with Crippen molar-refractivity contribution in [1.29, 1.82) is 0 Å². The van der Waals surface area contributed by atoms with Crippen LogP contribution in [0.2, 0.25) is 5.02 Å². The molecule has 4 heterocycles. The van der Waals surface area contributed by atoms with E-state index >= 15 is 0 Å². The zero-order chi connectivity index (χ0) is 36.0. The van der Waals surface area contributed by atoms with Gasteiger partial charge in [-0.1, -0.05) is 57.0 Å². The van der Waals surface area contributed by atoms with Gasteiger partial charge in [-0.2, -0.15) is 0 Å². The van der Waals surface area contributed by atoms with Crippen LogP contribution in [0.5, 0.6) is 5.75 Å². The maximum absolute atomic E-state index is 13.9. The van der Waals surface area contributed by atoms with Crippen LogP contribution in [0, 0.1) is 0 Å². The fraction of sp³-hybridized carbons (Fsp3) is 0.618. The molecule has 12 nitrogen and oxygen atoms in total. The van der Waals surface area contributed by atoms with Gasteiger partial charge in [-0.3, -0.25) is 10.1 Å². The third-order valence-corrected chi connectivity index (χ3v) is 11.3. The number of nitrogens with one attached hydrogen (secondary N) is 1. The molecule has 2 N–H and O–H groups in total. The molecule has 0 radical (unpaired) electrons. The van der Waals surface area contributed by atoms with Crippen LogP contribution in [0.15, 0.2) is 35.9 Å². The van der Waals surface area contributed by atoms with Gasteiger partial charge in [0.05, 0.1) is 19.2 Å². The van der Waals surface area contributed by atoms with Crippen molar-refractivity contribution in [3.63, 3.8) is 0 Å². The van der Waals surface area contributed by atoms with Crippen LogP contribution >= 0.6 is 33.2 Å². The van der Waals surface area contributed by atoms with Crippen LogP contribution in [0.4, 0.5) is 10.5 Å². The van der Waals surface area contributed by atoms with Crippen molar-refractivity contribution in [1.82, 2.24) is 5.32 Å². The number of hydrogen-bond donors (Lipinski definition) is 2. The molecule has 2 fully saturated rings. The molecule has 15 heteroatoms. The Morgan fingerprint density at radius 3 is 2.63 bits per heavy atom. The minimum Gasteiger partial charge on any atom is -0.495 e. The van der Waals surface area contributed by atoms with Crippen LogP contribution in [0.3, 0.4) is 0 Å². The summed E-state index contributed by atoms with van der Waals surface area (Å²) >= 11 is 6.72. The number of carbonyl (C=O) groups is 3. The highest BCUT2D eigenvalue weighted by atomic mass is 35.5. The molecule has 0 spiro atoms. The third-order valence-electron chi connectivity index (χ3n) is 8.99. The van der Waals surface area contributed by atoms with E-state index in [4.69, 9.17) is 40.0 Å². The zero-order valence-electron chi connectivity index (χ0n) is 29.0. The summed E-state index contributed by atoms with van der Waals surface area (Å²) in [6, 6.07) is 3.62. The van der Waals surface area contributed by atoms with Gasteiger partial charge in [-0.15, -0.1) is 0 Å². The van der Waals surface area contributed by atoms with E-state index in [1.165, 1.54) is 19.1 Å². The molecule has 49 heavy (non-hydrogen) atoms. The summed E-state index contributed by atoms with van der Waals surface area (Å²) in [6.45, 7) is 5.52. The number of methoxy groups -OCH3 is 2. The summed E-state index contributed by atoms with van der Waals surface area (Å²) < 4.78 is 34.8. The highest BCUT2D eigenvalue weighted by molar-refractivity contribution is 8.76. The number of rotatable bonds is 10. The van der Waals surface area contributed by atoms with E-state index in [2.05, 4.69) is 5.32 Å². The van der Waals surface area contributed by atoms with Crippen molar-refractivity contribution in [2.24, 2.45) is 0 Å². The topological polar surface area (TPSA) is 142 Å². The Morgan fingerprint density at radius 1 is 1.22 bits per heavy atom. The SMILES string of the molecule is COc1cc2cc(c1Cl)N(C)C(=O)C[C@H](OC(=O)COCCCSSC)[C@@]1(C)C[C@@](C)(O1)[C@@H]1C[C@@](O)(NC(=O)O1)[C@H](OC)/C=C/C=C(\C)C2. The molecule has 6 bridgehead atoms. The molecule has 1 aromatic rings. The fourth-order valence-corrected chi connectivity index (χ4v) is 8.12. The van der Waals surface area contributed by atoms with Crippen LogP contribution < -0.4 is 15.0 Å². The molecule has 4 aliphatic rings. The van der Waals surface area contributed by atoms with Crippen LogP contribution in [-0.4, -0.2) is 105 Å². The zero-order valence-corrected chi connectivity index (χ0v) is 31.4. The van der Waals surface area contributed by atoms with E-state index in [0.29, 0.717) is 24.5 Å². The van der Waals surface area contributed by atoms with Gasteiger partial charge in [-0.25, -0.2) is 9.59 Å². The van der Waals surface area contributed by atoms with E-state index in [0.717, 1.165) is 23.3 Å². The van der Waals surface area contributed by atoms with E-state index in [1.807, 2.05) is 25.3 Å². The minimum atomic E-state index is -1.82. The third kappa shape index (κ3) is 9.46. The number of nitrogens with zero attached hydrogens (tertiary/aromatic N) is 1. The predicted octanol–water partition coefficient (Wildman–Crippen LogP) is 5.23. The largest absolute Gasteiger partial charge is 0.495 e. The Labute approximate surface area is 300 Å². The van der Waals surface area contributed by atoms with E-state index in [9.17, 15) is 19.5 Å². The number of benzene rings is 1. The second-order valence-electron chi connectivity index (χ2n) is 12.9. The summed E-state index contributed by atoms with van der Waals surface area (Å²) in [5, 5.41) is 14.4. The van der Waals surface area contributed by atoms with Crippen molar-refractivity contribution < 1.29 is 47.9 Å². The first-order chi connectivity index (χ1) is 23.2. The number of fused-ring (bicyclic) bond motifs is 6. The van der Waals surface area contributed by atoms with Gasteiger partial charge >= 0.3 is 12.1 Å². The molecule has 272 valence electrons. The van der Waals surface area contributed by atoms with Gasteiger partial charge in [0, 0.05) is 39.4 Å². The molecule has 0 aromatic heterocycles. The van der Waals surface area contributed by atoms with Crippen molar-refractivity contribution >= 4 is 56.8 Å². The van der Waals surface area contributed by atoms with Gasteiger partial charge < -0.3 is 38.4 Å². The normalized spacial score (nSPS) is 32.2. The Balaban J connectivity index is 1.70. The van der Waals surface area contributed by atoms with Gasteiger partial charge in [-0.05, 0) is 57.6 Å². The molecule has 1 aromatic carbocycles. The van der Waals surface area contributed by atoms with Gasteiger partial charge in [0.1, 0.15) is 46.9 Å². The molecule has 5 rings (SSSR count). The number of ether oxygens (including phenoxy) is 6. The number of hydrogen-bond acceptors (Lipinski definition) is 12. The molecule has 0 aliphatic carbocycles. The summed E-state index contributed by atoms with van der Waals surface area (Å²) in [7, 11) is 7.91. The lowest BCUT2D eigenvalue weighted by molar-refractivity contribution is -0.328. The number of halogens is 1. The van der Waals surface area contributed by atoms with E-state index in [-0.39, 0.29) is 36.8 Å².